The van der Waals surface area contributed by atoms with E-state index in [9.17, 15) is 0 Å². The van der Waals surface area contributed by atoms with Crippen LogP contribution in [0, 0.1) is 0 Å². The lowest BCUT2D eigenvalue weighted by Gasteiger charge is -2.36. The van der Waals surface area contributed by atoms with Crippen molar-refractivity contribution in [1.82, 2.24) is 4.90 Å². The van der Waals surface area contributed by atoms with Gasteiger partial charge in [0.05, 0.1) is 16.7 Å². The lowest BCUT2D eigenvalue weighted by Crippen LogP contribution is -2.47. The van der Waals surface area contributed by atoms with E-state index < -0.39 is 0 Å². The van der Waals surface area contributed by atoms with E-state index in [0.717, 1.165) is 31.6 Å². The van der Waals surface area contributed by atoms with E-state index in [1.165, 1.54) is 0 Å². The Morgan fingerprint density at radius 3 is 2.67 bits per heavy atom. The molecule has 2 aliphatic heterocycles. The zero-order valence-corrected chi connectivity index (χ0v) is 12.2. The lowest BCUT2D eigenvalue weighted by atomic mass is 9.87. The molecule has 4 heteroatoms. The molecule has 2 aliphatic rings. The van der Waals surface area contributed by atoms with E-state index in [2.05, 4.69) is 18.9 Å². The molecule has 2 bridgehead atoms. The summed E-state index contributed by atoms with van der Waals surface area (Å²) in [5, 5.41) is 1.21. The number of hydrogen-bond donors (Lipinski definition) is 0. The van der Waals surface area contributed by atoms with Crippen LogP contribution in [-0.2, 0) is 10.3 Å². The van der Waals surface area contributed by atoms with Crippen molar-refractivity contribution in [2.45, 2.75) is 30.9 Å². The maximum atomic E-state index is 6.14. The van der Waals surface area contributed by atoms with Gasteiger partial charge >= 0.3 is 0 Å². The number of morpholine rings is 1. The van der Waals surface area contributed by atoms with Crippen LogP contribution < -0.4 is 0 Å². The van der Waals surface area contributed by atoms with Crippen molar-refractivity contribution in [3.63, 3.8) is 0 Å². The summed E-state index contributed by atoms with van der Waals surface area (Å²) in [6.45, 7) is 3.97. The van der Waals surface area contributed by atoms with Crippen molar-refractivity contribution in [3.8, 4) is 0 Å². The van der Waals surface area contributed by atoms with Gasteiger partial charge in [0.1, 0.15) is 5.60 Å². The van der Waals surface area contributed by atoms with Gasteiger partial charge in [0.15, 0.2) is 0 Å². The predicted molar refractivity (Wildman–Crippen MR) is 74.4 cm³/mol. The van der Waals surface area contributed by atoms with Gasteiger partial charge in [0.2, 0.25) is 0 Å². The van der Waals surface area contributed by atoms with Gasteiger partial charge in [-0.3, -0.25) is 4.90 Å². The molecule has 0 amide bonds. The highest BCUT2D eigenvalue weighted by Gasteiger charge is 2.58. The second-order valence-corrected chi connectivity index (χ2v) is 6.34. The Labute approximate surface area is 118 Å². The molecule has 2 saturated heterocycles. The number of benzene rings is 1. The van der Waals surface area contributed by atoms with Crippen LogP contribution in [0.1, 0.15) is 25.3 Å². The molecular formula is C14H17Cl2NO. The summed E-state index contributed by atoms with van der Waals surface area (Å²) in [6, 6.07) is 5.86. The SMILES string of the molecule is CCC12COC(c3ccc(Cl)c(Cl)c3)(CN1C)C2. The standard InChI is InChI=1S/C14H17Cl2NO/c1-3-13-7-14(18-9-13,8-17(13)2)10-4-5-11(15)12(16)6-10/h4-6H,3,7-9H2,1-2H3. The van der Waals surface area contributed by atoms with Crippen LogP contribution in [-0.4, -0.2) is 30.6 Å². The first-order valence-electron chi connectivity index (χ1n) is 6.32. The number of ether oxygens (including phenoxy) is 1. The smallest absolute Gasteiger partial charge is 0.108 e. The summed E-state index contributed by atoms with van der Waals surface area (Å²) < 4.78 is 6.14. The molecule has 0 aliphatic carbocycles. The summed E-state index contributed by atoms with van der Waals surface area (Å²) in [5.41, 5.74) is 1.15. The molecule has 0 aromatic heterocycles. The van der Waals surface area contributed by atoms with E-state index in [-0.39, 0.29) is 11.1 Å². The molecule has 0 N–H and O–H groups in total. The average molecular weight is 286 g/mol. The fourth-order valence-electron chi connectivity index (χ4n) is 3.36. The van der Waals surface area contributed by atoms with Crippen molar-refractivity contribution in [2.24, 2.45) is 0 Å². The highest BCUT2D eigenvalue weighted by Crippen LogP contribution is 2.52. The van der Waals surface area contributed by atoms with Crippen LogP contribution in [0.5, 0.6) is 0 Å². The first kappa shape index (κ1) is 12.7. The maximum Gasteiger partial charge on any atom is 0.108 e. The Morgan fingerprint density at radius 1 is 1.33 bits per heavy atom. The molecule has 2 fully saturated rings. The number of halogens is 2. The summed E-state index contributed by atoms with van der Waals surface area (Å²) >= 11 is 12.1. The van der Waals surface area contributed by atoms with Gasteiger partial charge in [-0.2, -0.15) is 0 Å². The number of rotatable bonds is 2. The fourth-order valence-corrected chi connectivity index (χ4v) is 3.65. The highest BCUT2D eigenvalue weighted by atomic mass is 35.5. The zero-order chi connectivity index (χ0) is 13.0. The van der Waals surface area contributed by atoms with Gasteiger partial charge in [0, 0.05) is 18.5 Å². The second-order valence-electron chi connectivity index (χ2n) is 5.52. The van der Waals surface area contributed by atoms with Crippen LogP contribution in [0.2, 0.25) is 10.0 Å². The van der Waals surface area contributed by atoms with Crippen molar-refractivity contribution < 1.29 is 4.74 Å². The Kier molecular flexibility index (Phi) is 2.91. The molecular weight excluding hydrogens is 269 g/mol. The highest BCUT2D eigenvalue weighted by molar-refractivity contribution is 6.42. The van der Waals surface area contributed by atoms with E-state index in [4.69, 9.17) is 27.9 Å². The minimum atomic E-state index is -0.195. The van der Waals surface area contributed by atoms with Gasteiger partial charge in [-0.1, -0.05) is 36.2 Å². The van der Waals surface area contributed by atoms with Gasteiger partial charge in [-0.25, -0.2) is 0 Å². The number of hydrogen-bond acceptors (Lipinski definition) is 2. The fraction of sp³-hybridized carbons (Fsp3) is 0.571. The third-order valence-corrected chi connectivity index (χ3v) is 5.38. The summed E-state index contributed by atoms with van der Waals surface area (Å²) in [4.78, 5) is 2.43. The minimum absolute atomic E-state index is 0.195. The quantitative estimate of drug-likeness (QED) is 0.822. The van der Waals surface area contributed by atoms with Crippen molar-refractivity contribution >= 4 is 23.2 Å². The number of likely N-dealkylation sites (tertiary alicyclic amines) is 1. The number of nitrogens with zero attached hydrogens (tertiary/aromatic N) is 1. The predicted octanol–water partition coefficient (Wildman–Crippen LogP) is 3.70. The molecule has 1 aromatic carbocycles. The molecule has 18 heavy (non-hydrogen) atoms. The Hall–Kier alpha value is -0.280. The first-order chi connectivity index (χ1) is 8.51. The Morgan fingerprint density at radius 2 is 2.11 bits per heavy atom. The molecule has 2 unspecified atom stereocenters. The lowest BCUT2D eigenvalue weighted by molar-refractivity contribution is -0.0627. The average Bonchev–Trinajstić information content (AvgIpc) is 2.87. The Balaban J connectivity index is 2.00. The molecule has 0 radical (unpaired) electrons. The van der Waals surface area contributed by atoms with Crippen LogP contribution >= 0.6 is 23.2 Å². The third-order valence-electron chi connectivity index (χ3n) is 4.64. The molecule has 0 spiro atoms. The van der Waals surface area contributed by atoms with E-state index in [0.29, 0.717) is 10.0 Å². The molecule has 2 atom stereocenters. The van der Waals surface area contributed by atoms with Crippen molar-refractivity contribution in [1.29, 1.82) is 0 Å². The van der Waals surface area contributed by atoms with Crippen molar-refractivity contribution in [3.05, 3.63) is 33.8 Å². The molecule has 2 nitrogen and oxygen atoms in total. The van der Waals surface area contributed by atoms with Gasteiger partial charge in [-0.05, 0) is 31.2 Å². The molecule has 2 heterocycles. The van der Waals surface area contributed by atoms with Gasteiger partial charge < -0.3 is 4.74 Å². The van der Waals surface area contributed by atoms with Crippen LogP contribution in [0.25, 0.3) is 0 Å². The second kappa shape index (κ2) is 4.11. The summed E-state index contributed by atoms with van der Waals surface area (Å²) in [7, 11) is 2.19. The summed E-state index contributed by atoms with van der Waals surface area (Å²) in [5.74, 6) is 0. The number of fused-ring (bicyclic) bond motifs is 2. The van der Waals surface area contributed by atoms with E-state index in [1.807, 2.05) is 18.2 Å². The molecule has 98 valence electrons. The molecule has 1 aromatic rings. The third kappa shape index (κ3) is 1.63. The van der Waals surface area contributed by atoms with Crippen LogP contribution in [0.15, 0.2) is 18.2 Å². The molecule has 0 saturated carbocycles. The van der Waals surface area contributed by atoms with Gasteiger partial charge in [-0.15, -0.1) is 0 Å². The van der Waals surface area contributed by atoms with E-state index >= 15 is 0 Å². The monoisotopic (exact) mass is 285 g/mol. The van der Waals surface area contributed by atoms with Crippen LogP contribution in [0.3, 0.4) is 0 Å². The maximum absolute atomic E-state index is 6.14. The van der Waals surface area contributed by atoms with Crippen molar-refractivity contribution in [2.75, 3.05) is 20.2 Å². The molecule has 3 rings (SSSR count). The van der Waals surface area contributed by atoms with E-state index in [1.54, 1.807) is 0 Å². The topological polar surface area (TPSA) is 12.5 Å². The normalized spacial score (nSPS) is 35.3. The Bertz CT molecular complexity index is 493. The minimum Gasteiger partial charge on any atom is -0.367 e. The zero-order valence-electron chi connectivity index (χ0n) is 10.7. The number of likely N-dealkylation sites (N-methyl/N-ethyl adjacent to an activating group) is 1. The van der Waals surface area contributed by atoms with Gasteiger partial charge in [0.25, 0.3) is 0 Å². The van der Waals surface area contributed by atoms with Crippen LogP contribution in [0.4, 0.5) is 0 Å². The first-order valence-corrected chi connectivity index (χ1v) is 7.08. The summed E-state index contributed by atoms with van der Waals surface area (Å²) in [6.07, 6.45) is 2.16. The largest absolute Gasteiger partial charge is 0.367 e.